The number of rotatable bonds is 5. The molecule has 0 aromatic heterocycles. The smallest absolute Gasteiger partial charge is 0.226 e. The van der Waals surface area contributed by atoms with Crippen molar-refractivity contribution in [3.8, 4) is 0 Å². The molecular weight excluding hydrogens is 302 g/mol. The van der Waals surface area contributed by atoms with Gasteiger partial charge in [-0.1, -0.05) is 30.3 Å². The molecule has 0 unspecified atom stereocenters. The van der Waals surface area contributed by atoms with Crippen LogP contribution >= 0.6 is 0 Å². The van der Waals surface area contributed by atoms with Crippen LogP contribution in [0.4, 0.5) is 14.5 Å². The number of hydrogen-bond acceptors (Lipinski definition) is 2. The van der Waals surface area contributed by atoms with Crippen molar-refractivity contribution < 1.29 is 18.4 Å². The Hall–Kier alpha value is -2.76. The van der Waals surface area contributed by atoms with Crippen molar-refractivity contribution in [2.75, 3.05) is 5.32 Å². The summed E-state index contributed by atoms with van der Waals surface area (Å²) in [5, 5.41) is 4.99. The molecule has 0 saturated heterocycles. The third kappa shape index (κ3) is 4.88. The first-order chi connectivity index (χ1) is 11.0. The molecule has 6 heteroatoms. The van der Waals surface area contributed by atoms with Crippen molar-refractivity contribution in [1.82, 2.24) is 5.32 Å². The number of carbonyl (C=O) groups is 2. The molecular formula is C17H16F2N2O2. The zero-order valence-corrected chi connectivity index (χ0v) is 12.5. The molecule has 0 radical (unpaired) electrons. The maximum Gasteiger partial charge on any atom is 0.226 e. The van der Waals surface area contributed by atoms with Crippen LogP contribution in [0, 0.1) is 11.6 Å². The van der Waals surface area contributed by atoms with Crippen molar-refractivity contribution in [3.05, 3.63) is 65.7 Å². The Morgan fingerprint density at radius 3 is 2.43 bits per heavy atom. The van der Waals surface area contributed by atoms with Crippen molar-refractivity contribution >= 4 is 17.5 Å². The predicted octanol–water partition coefficient (Wildman–Crippen LogP) is 3.17. The fraction of sp³-hybridized carbons (Fsp3) is 0.176. The first-order valence-corrected chi connectivity index (χ1v) is 7.02. The van der Waals surface area contributed by atoms with Gasteiger partial charge in [0.15, 0.2) is 0 Å². The van der Waals surface area contributed by atoms with E-state index in [1.165, 1.54) is 6.92 Å². The highest BCUT2D eigenvalue weighted by Crippen LogP contribution is 2.19. The third-order valence-electron chi connectivity index (χ3n) is 3.17. The number of halogens is 2. The van der Waals surface area contributed by atoms with Gasteiger partial charge in [0.1, 0.15) is 11.6 Å². The lowest BCUT2D eigenvalue weighted by Gasteiger charge is -2.18. The predicted molar refractivity (Wildman–Crippen MR) is 82.6 cm³/mol. The summed E-state index contributed by atoms with van der Waals surface area (Å²) in [6.45, 7) is 1.35. The third-order valence-corrected chi connectivity index (χ3v) is 3.17. The van der Waals surface area contributed by atoms with E-state index in [0.717, 1.165) is 23.8 Å². The fourth-order valence-electron chi connectivity index (χ4n) is 2.16. The quantitative estimate of drug-likeness (QED) is 0.889. The second-order valence-electron chi connectivity index (χ2n) is 5.04. The molecule has 0 spiro atoms. The Bertz CT molecular complexity index is 705. The second kappa shape index (κ2) is 7.49. The van der Waals surface area contributed by atoms with E-state index in [0.29, 0.717) is 0 Å². The molecule has 0 heterocycles. The number of benzene rings is 2. The van der Waals surface area contributed by atoms with Crippen LogP contribution in [-0.2, 0) is 9.59 Å². The van der Waals surface area contributed by atoms with E-state index in [2.05, 4.69) is 10.6 Å². The molecule has 0 bridgehead atoms. The summed E-state index contributed by atoms with van der Waals surface area (Å²) < 4.78 is 26.7. The van der Waals surface area contributed by atoms with Gasteiger partial charge in [-0.3, -0.25) is 9.59 Å². The highest BCUT2D eigenvalue weighted by molar-refractivity contribution is 5.91. The van der Waals surface area contributed by atoms with Crippen LogP contribution in [-0.4, -0.2) is 11.8 Å². The van der Waals surface area contributed by atoms with E-state index in [4.69, 9.17) is 0 Å². The minimum atomic E-state index is -0.726. The van der Waals surface area contributed by atoms with Crippen LogP contribution in [0.5, 0.6) is 0 Å². The zero-order valence-electron chi connectivity index (χ0n) is 12.5. The summed E-state index contributed by atoms with van der Waals surface area (Å²) in [5.41, 5.74) is 0.516. The van der Waals surface area contributed by atoms with Crippen molar-refractivity contribution in [1.29, 1.82) is 0 Å². The number of carbonyl (C=O) groups excluding carboxylic acids is 2. The van der Waals surface area contributed by atoms with Gasteiger partial charge in [-0.25, -0.2) is 8.78 Å². The molecule has 0 aliphatic heterocycles. The summed E-state index contributed by atoms with van der Waals surface area (Å²) >= 11 is 0. The summed E-state index contributed by atoms with van der Waals surface area (Å²) in [4.78, 5) is 23.4. The minimum absolute atomic E-state index is 0.0977. The van der Waals surface area contributed by atoms with Crippen LogP contribution < -0.4 is 10.6 Å². The standard InChI is InChI=1S/C17H16F2N2O2/c1-11(22)20-15(12-5-3-2-4-6-12)10-17(23)21-16-9-13(18)7-8-14(16)19/h2-9,15H,10H2,1H3,(H,20,22)(H,21,23)/t15-/m0/s1. The highest BCUT2D eigenvalue weighted by atomic mass is 19.1. The number of amides is 2. The van der Waals surface area contributed by atoms with Gasteiger partial charge in [-0.15, -0.1) is 0 Å². The summed E-state index contributed by atoms with van der Waals surface area (Å²) in [6.07, 6.45) is -0.0977. The van der Waals surface area contributed by atoms with Crippen LogP contribution in [0.1, 0.15) is 24.9 Å². The molecule has 4 nitrogen and oxygen atoms in total. The maximum absolute atomic E-state index is 13.5. The van der Waals surface area contributed by atoms with Gasteiger partial charge in [0.05, 0.1) is 18.2 Å². The Balaban J connectivity index is 2.11. The Kier molecular flexibility index (Phi) is 5.41. The Morgan fingerprint density at radius 1 is 1.09 bits per heavy atom. The van der Waals surface area contributed by atoms with Gasteiger partial charge in [-0.2, -0.15) is 0 Å². The van der Waals surface area contributed by atoms with Gasteiger partial charge in [0.2, 0.25) is 11.8 Å². The normalized spacial score (nSPS) is 11.6. The molecule has 0 saturated carbocycles. The number of hydrogen-bond donors (Lipinski definition) is 2. The highest BCUT2D eigenvalue weighted by Gasteiger charge is 2.18. The largest absolute Gasteiger partial charge is 0.349 e. The lowest BCUT2D eigenvalue weighted by Crippen LogP contribution is -2.29. The first kappa shape index (κ1) is 16.6. The monoisotopic (exact) mass is 318 g/mol. The Morgan fingerprint density at radius 2 is 1.78 bits per heavy atom. The first-order valence-electron chi connectivity index (χ1n) is 7.02. The van der Waals surface area contributed by atoms with Crippen LogP contribution in [0.2, 0.25) is 0 Å². The molecule has 23 heavy (non-hydrogen) atoms. The van der Waals surface area contributed by atoms with Crippen LogP contribution in [0.3, 0.4) is 0 Å². The van der Waals surface area contributed by atoms with E-state index in [1.54, 1.807) is 24.3 Å². The topological polar surface area (TPSA) is 58.2 Å². The van der Waals surface area contributed by atoms with Gasteiger partial charge in [0.25, 0.3) is 0 Å². The van der Waals surface area contributed by atoms with Crippen molar-refractivity contribution in [2.24, 2.45) is 0 Å². The lowest BCUT2D eigenvalue weighted by molar-refractivity contribution is -0.120. The van der Waals surface area contributed by atoms with Gasteiger partial charge >= 0.3 is 0 Å². The van der Waals surface area contributed by atoms with E-state index < -0.39 is 23.6 Å². The molecule has 2 N–H and O–H groups in total. The Labute approximate surface area is 132 Å². The van der Waals surface area contributed by atoms with E-state index >= 15 is 0 Å². The molecule has 0 aliphatic rings. The number of nitrogens with one attached hydrogen (secondary N) is 2. The molecule has 0 fully saturated rings. The lowest BCUT2D eigenvalue weighted by atomic mass is 10.0. The van der Waals surface area contributed by atoms with Gasteiger partial charge in [-0.05, 0) is 17.7 Å². The van der Waals surface area contributed by atoms with Gasteiger partial charge < -0.3 is 10.6 Å². The van der Waals surface area contributed by atoms with Crippen molar-refractivity contribution in [2.45, 2.75) is 19.4 Å². The second-order valence-corrected chi connectivity index (χ2v) is 5.04. The van der Waals surface area contributed by atoms with E-state index in [-0.39, 0.29) is 18.0 Å². The van der Waals surface area contributed by atoms with Gasteiger partial charge in [0, 0.05) is 13.0 Å². The minimum Gasteiger partial charge on any atom is -0.349 e. The van der Waals surface area contributed by atoms with E-state index in [1.807, 2.05) is 6.07 Å². The molecule has 2 aromatic rings. The summed E-state index contributed by atoms with van der Waals surface area (Å²) in [5.74, 6) is -2.19. The van der Waals surface area contributed by atoms with Crippen LogP contribution in [0.25, 0.3) is 0 Å². The fourth-order valence-corrected chi connectivity index (χ4v) is 2.16. The molecule has 120 valence electrons. The molecule has 1 atom stereocenters. The molecule has 0 aliphatic carbocycles. The molecule has 2 aromatic carbocycles. The average molecular weight is 318 g/mol. The summed E-state index contributed by atoms with van der Waals surface area (Å²) in [6, 6.07) is 11.2. The zero-order chi connectivity index (χ0) is 16.8. The van der Waals surface area contributed by atoms with E-state index in [9.17, 15) is 18.4 Å². The van der Waals surface area contributed by atoms with Crippen molar-refractivity contribution in [3.63, 3.8) is 0 Å². The average Bonchev–Trinajstić information content (AvgIpc) is 2.51. The summed E-state index contributed by atoms with van der Waals surface area (Å²) in [7, 11) is 0. The van der Waals surface area contributed by atoms with Crippen LogP contribution in [0.15, 0.2) is 48.5 Å². The maximum atomic E-state index is 13.5. The molecule has 2 amide bonds. The number of anilines is 1. The SMILES string of the molecule is CC(=O)N[C@@H](CC(=O)Nc1cc(F)ccc1F)c1ccccc1. The molecule has 2 rings (SSSR count).